The monoisotopic (exact) mass is 505 g/mol. The Kier molecular flexibility index (Phi) is 11.4. The van der Waals surface area contributed by atoms with Gasteiger partial charge in [0.2, 0.25) is 0 Å². The highest BCUT2D eigenvalue weighted by atomic mass is 16.5. The average molecular weight is 506 g/mol. The first-order chi connectivity index (χ1) is 16.8. The maximum atomic E-state index is 13.6. The number of esters is 1. The van der Waals surface area contributed by atoms with E-state index in [1.807, 2.05) is 33.8 Å². The third kappa shape index (κ3) is 7.50. The average Bonchev–Trinajstić information content (AvgIpc) is 2.83. The molecule has 0 amide bonds. The maximum absolute atomic E-state index is 13.6. The smallest absolute Gasteiger partial charge is 0.316 e. The van der Waals surface area contributed by atoms with E-state index >= 15 is 0 Å². The van der Waals surface area contributed by atoms with Crippen LogP contribution >= 0.6 is 0 Å². The van der Waals surface area contributed by atoms with Gasteiger partial charge in [0, 0.05) is 23.8 Å². The second-order valence-corrected chi connectivity index (χ2v) is 12.1. The molecule has 2 rings (SSSR count). The zero-order chi connectivity index (χ0) is 27.3. The van der Waals surface area contributed by atoms with E-state index in [0.29, 0.717) is 30.7 Å². The third-order valence-corrected chi connectivity index (χ3v) is 8.78. The van der Waals surface area contributed by atoms with Crippen molar-refractivity contribution in [2.24, 2.45) is 41.4 Å². The van der Waals surface area contributed by atoms with Gasteiger partial charge in [-0.2, -0.15) is 0 Å². The molecule has 0 aromatic heterocycles. The van der Waals surface area contributed by atoms with Gasteiger partial charge < -0.3 is 14.4 Å². The van der Waals surface area contributed by atoms with Gasteiger partial charge in [-0.3, -0.25) is 14.4 Å². The Morgan fingerprint density at radius 1 is 0.972 bits per heavy atom. The number of ketones is 2. The molecule has 6 nitrogen and oxygen atoms in total. The predicted molar refractivity (Wildman–Crippen MR) is 143 cm³/mol. The topological polar surface area (TPSA) is 72.9 Å². The van der Waals surface area contributed by atoms with E-state index in [4.69, 9.17) is 9.47 Å². The molecule has 206 valence electrons. The van der Waals surface area contributed by atoms with Gasteiger partial charge in [-0.05, 0) is 70.5 Å². The van der Waals surface area contributed by atoms with Crippen LogP contribution in [0.1, 0.15) is 81.1 Å². The molecule has 11 atom stereocenters. The van der Waals surface area contributed by atoms with Crippen LogP contribution in [0.4, 0.5) is 0 Å². The van der Waals surface area contributed by atoms with E-state index < -0.39 is 17.8 Å². The Morgan fingerprint density at radius 2 is 1.61 bits per heavy atom. The minimum atomic E-state index is -0.859. The van der Waals surface area contributed by atoms with Gasteiger partial charge in [-0.15, -0.1) is 0 Å². The summed E-state index contributed by atoms with van der Waals surface area (Å²) in [6, 6.07) is 0.408. The van der Waals surface area contributed by atoms with Crippen molar-refractivity contribution in [2.45, 2.75) is 105 Å². The summed E-state index contributed by atoms with van der Waals surface area (Å²) in [5.41, 5.74) is 0. The number of rotatable bonds is 4. The van der Waals surface area contributed by atoms with E-state index in [9.17, 15) is 14.4 Å². The molecular formula is C30H51NO5. The van der Waals surface area contributed by atoms with E-state index in [1.165, 1.54) is 0 Å². The number of Topliss-reactive ketones (excluding diaryl/α,β-unsaturated/α-hetero) is 1. The molecule has 0 N–H and O–H groups in total. The van der Waals surface area contributed by atoms with Crippen molar-refractivity contribution >= 4 is 17.5 Å². The lowest BCUT2D eigenvalue weighted by molar-refractivity contribution is -0.162. The first kappa shape index (κ1) is 30.7. The minimum absolute atomic E-state index is 0.0150. The molecule has 0 aromatic rings. The minimum Gasteiger partial charge on any atom is -0.461 e. The molecule has 1 saturated carbocycles. The highest BCUT2D eigenvalue weighted by Crippen LogP contribution is 2.37. The number of ether oxygens (including phenoxy) is 2. The summed E-state index contributed by atoms with van der Waals surface area (Å²) >= 11 is 0. The van der Waals surface area contributed by atoms with Gasteiger partial charge in [0.1, 0.15) is 12.0 Å². The van der Waals surface area contributed by atoms with Crippen LogP contribution in [-0.4, -0.2) is 60.9 Å². The molecule has 0 spiro atoms. The Hall–Kier alpha value is -1.53. The van der Waals surface area contributed by atoms with Gasteiger partial charge in [-0.1, -0.05) is 54.5 Å². The molecule has 1 heterocycles. The fraction of sp³-hybridized carbons (Fsp3) is 0.833. The van der Waals surface area contributed by atoms with Crippen LogP contribution in [0.3, 0.4) is 0 Å². The summed E-state index contributed by atoms with van der Waals surface area (Å²) in [6.07, 6.45) is 6.06. The van der Waals surface area contributed by atoms with Crippen molar-refractivity contribution in [3.8, 4) is 0 Å². The molecule has 2 aliphatic rings. The molecular weight excluding hydrogens is 454 g/mol. The molecule has 6 heteroatoms. The lowest BCUT2D eigenvalue weighted by Gasteiger charge is -2.45. The Labute approximate surface area is 219 Å². The van der Waals surface area contributed by atoms with Gasteiger partial charge in [0.15, 0.2) is 11.6 Å². The number of carbonyl (C=O) groups excluding carboxylic acids is 3. The Bertz CT molecular complexity index is 792. The van der Waals surface area contributed by atoms with Crippen LogP contribution in [-0.2, 0) is 23.9 Å². The quantitative estimate of drug-likeness (QED) is 0.379. The largest absolute Gasteiger partial charge is 0.461 e. The zero-order valence-electron chi connectivity index (χ0n) is 24.3. The van der Waals surface area contributed by atoms with Gasteiger partial charge >= 0.3 is 5.97 Å². The van der Waals surface area contributed by atoms with Gasteiger partial charge in [0.25, 0.3) is 0 Å². The SMILES string of the molecule is CC[C@H]1OC(=O)[C@H](C)C(=O)[C@H](C)[C@@H](OC2CC(C)CC(N(C)C)C2C)[C@@H](C)C[C@@H](C)C(=O)/C=C/[C@H]1C. The van der Waals surface area contributed by atoms with E-state index in [2.05, 4.69) is 39.8 Å². The number of nitrogens with zero attached hydrogens (tertiary/aromatic N) is 1. The molecule has 0 saturated heterocycles. The predicted octanol–water partition coefficient (Wildman–Crippen LogP) is 5.34. The summed E-state index contributed by atoms with van der Waals surface area (Å²) in [7, 11) is 4.23. The molecule has 0 radical (unpaired) electrons. The first-order valence-electron chi connectivity index (χ1n) is 14.1. The molecule has 4 unspecified atom stereocenters. The molecule has 36 heavy (non-hydrogen) atoms. The van der Waals surface area contributed by atoms with Gasteiger partial charge in [-0.25, -0.2) is 0 Å². The van der Waals surface area contributed by atoms with Gasteiger partial charge in [0.05, 0.1) is 12.2 Å². The van der Waals surface area contributed by atoms with Crippen molar-refractivity contribution in [2.75, 3.05) is 14.1 Å². The maximum Gasteiger partial charge on any atom is 0.316 e. The zero-order valence-corrected chi connectivity index (χ0v) is 24.3. The molecule has 1 fully saturated rings. The summed E-state index contributed by atoms with van der Waals surface area (Å²) in [6.45, 7) is 16.0. The van der Waals surface area contributed by atoms with Crippen molar-refractivity contribution in [1.29, 1.82) is 0 Å². The first-order valence-corrected chi connectivity index (χ1v) is 14.1. The third-order valence-electron chi connectivity index (χ3n) is 8.78. The molecule has 1 aliphatic heterocycles. The lowest BCUT2D eigenvalue weighted by atomic mass is 9.76. The van der Waals surface area contributed by atoms with Crippen LogP contribution in [0.25, 0.3) is 0 Å². The van der Waals surface area contributed by atoms with Crippen LogP contribution in [0.15, 0.2) is 12.2 Å². The number of cyclic esters (lactones) is 1. The van der Waals surface area contributed by atoms with Crippen LogP contribution in [0.2, 0.25) is 0 Å². The van der Waals surface area contributed by atoms with Crippen LogP contribution < -0.4 is 0 Å². The molecule has 1 aliphatic carbocycles. The lowest BCUT2D eigenvalue weighted by Crippen LogP contribution is -2.49. The van der Waals surface area contributed by atoms with Crippen molar-refractivity contribution in [1.82, 2.24) is 4.90 Å². The summed E-state index contributed by atoms with van der Waals surface area (Å²) in [5, 5.41) is 0. The number of allylic oxidation sites excluding steroid dienone is 1. The van der Waals surface area contributed by atoms with Crippen LogP contribution in [0, 0.1) is 41.4 Å². The normalized spacial score (nSPS) is 42.6. The Balaban J connectivity index is 2.40. The standard InChI is InChI=1S/C30H51NO5/c1-11-26-18(3)12-13-25(32)19(4)16-20(5)29(22(7)28(33)23(8)30(34)36-26)35-27-15-17(2)14-24(21(27)6)31(9)10/h12-13,17-24,26-27,29H,11,14-16H2,1-10H3/b13-12+/t17?,18-,19-,20+,21?,22+,23-,24?,26-,27?,29+/m1/s1. The second-order valence-electron chi connectivity index (χ2n) is 12.1. The second kappa shape index (κ2) is 13.3. The molecule has 0 bridgehead atoms. The fourth-order valence-electron chi connectivity index (χ4n) is 6.22. The van der Waals surface area contributed by atoms with Crippen molar-refractivity contribution in [3.63, 3.8) is 0 Å². The Morgan fingerprint density at radius 3 is 2.19 bits per heavy atom. The molecule has 0 aromatic carbocycles. The number of hydrogen-bond acceptors (Lipinski definition) is 6. The highest BCUT2D eigenvalue weighted by molar-refractivity contribution is 6.00. The number of carbonyl (C=O) groups is 3. The summed E-state index contributed by atoms with van der Waals surface area (Å²) in [5.74, 6) is -1.40. The summed E-state index contributed by atoms with van der Waals surface area (Å²) in [4.78, 5) is 41.8. The van der Waals surface area contributed by atoms with Crippen molar-refractivity contribution < 1.29 is 23.9 Å². The van der Waals surface area contributed by atoms with Crippen LogP contribution in [0.5, 0.6) is 0 Å². The van der Waals surface area contributed by atoms with E-state index in [0.717, 1.165) is 12.8 Å². The van der Waals surface area contributed by atoms with Crippen molar-refractivity contribution in [3.05, 3.63) is 12.2 Å². The summed E-state index contributed by atoms with van der Waals surface area (Å²) < 4.78 is 12.6. The van der Waals surface area contributed by atoms with E-state index in [-0.39, 0.29) is 47.6 Å². The van der Waals surface area contributed by atoms with E-state index in [1.54, 1.807) is 13.0 Å². The highest BCUT2D eigenvalue weighted by Gasteiger charge is 2.42. The number of hydrogen-bond donors (Lipinski definition) is 0. The fourth-order valence-corrected chi connectivity index (χ4v) is 6.22.